The maximum atomic E-state index is 9.96. The van der Waals surface area contributed by atoms with Crippen LogP contribution in [0.5, 0.6) is 11.5 Å². The van der Waals surface area contributed by atoms with Gasteiger partial charge in [0.05, 0.1) is 20.8 Å². The van der Waals surface area contributed by atoms with Crippen LogP contribution in [0.1, 0.15) is 16.7 Å². The molecule has 0 aliphatic rings. The molecule has 0 aromatic heterocycles. The number of aryl methyl sites for hydroxylation is 2. The molecule has 4 nitrogen and oxygen atoms in total. The third kappa shape index (κ3) is 2.40. The second-order valence-electron chi connectivity index (χ2n) is 3.40. The first-order valence-electron chi connectivity index (χ1n) is 4.73. The van der Waals surface area contributed by atoms with Crippen LogP contribution in [0.15, 0.2) is 6.07 Å². The summed E-state index contributed by atoms with van der Waals surface area (Å²) in [4.78, 5) is 4.76. The van der Waals surface area contributed by atoms with Gasteiger partial charge in [0.2, 0.25) is 0 Å². The molecule has 0 amide bonds. The summed E-state index contributed by atoms with van der Waals surface area (Å²) < 4.78 is 5.13. The van der Waals surface area contributed by atoms with Crippen molar-refractivity contribution in [3.8, 4) is 11.5 Å². The summed E-state index contributed by atoms with van der Waals surface area (Å²) in [6.45, 7) is 4.29. The molecule has 0 bridgehead atoms. The van der Waals surface area contributed by atoms with Crippen molar-refractivity contribution in [3.63, 3.8) is 0 Å². The minimum Gasteiger partial charge on any atom is -0.504 e. The maximum Gasteiger partial charge on any atom is 0.163 e. The molecule has 0 heterocycles. The van der Waals surface area contributed by atoms with Crippen LogP contribution >= 0.6 is 0 Å². The molecule has 0 atom stereocenters. The Balaban J connectivity index is 3.14. The molecule has 0 radical (unpaired) electrons. The van der Waals surface area contributed by atoms with E-state index >= 15 is 0 Å². The molecule has 1 rings (SSSR count). The van der Waals surface area contributed by atoms with Crippen molar-refractivity contribution >= 4 is 0 Å². The molecule has 1 aromatic carbocycles. The SMILES string of the molecule is CONCc1c(C)cc(C)c(OC)c1O. The predicted octanol–water partition coefficient (Wildman–Crippen LogP) is 1.67. The average molecular weight is 211 g/mol. The summed E-state index contributed by atoms with van der Waals surface area (Å²) in [5, 5.41) is 9.96. The van der Waals surface area contributed by atoms with Gasteiger partial charge in [-0.15, -0.1) is 0 Å². The van der Waals surface area contributed by atoms with Gasteiger partial charge in [-0.2, -0.15) is 5.48 Å². The lowest BCUT2D eigenvalue weighted by molar-refractivity contribution is 0.0859. The Bertz CT molecular complexity index is 350. The van der Waals surface area contributed by atoms with Crippen molar-refractivity contribution < 1.29 is 14.7 Å². The smallest absolute Gasteiger partial charge is 0.163 e. The molecule has 4 heteroatoms. The van der Waals surface area contributed by atoms with Gasteiger partial charge in [0.25, 0.3) is 0 Å². The van der Waals surface area contributed by atoms with Crippen LogP contribution in [-0.4, -0.2) is 19.3 Å². The Hall–Kier alpha value is -1.26. The van der Waals surface area contributed by atoms with E-state index in [1.807, 2.05) is 19.9 Å². The van der Waals surface area contributed by atoms with E-state index in [1.165, 1.54) is 7.11 Å². The van der Waals surface area contributed by atoms with Crippen molar-refractivity contribution in [1.29, 1.82) is 0 Å². The Kier molecular flexibility index (Phi) is 3.94. The number of aromatic hydroxyl groups is 1. The molecule has 0 saturated heterocycles. The molecule has 0 unspecified atom stereocenters. The summed E-state index contributed by atoms with van der Waals surface area (Å²) in [7, 11) is 3.09. The molecule has 2 N–H and O–H groups in total. The number of hydrogen-bond donors (Lipinski definition) is 2. The average Bonchev–Trinajstić information content (AvgIpc) is 2.17. The maximum absolute atomic E-state index is 9.96. The molecule has 0 aliphatic heterocycles. The zero-order valence-corrected chi connectivity index (χ0v) is 9.55. The molecular formula is C11H17NO3. The Labute approximate surface area is 89.8 Å². The Morgan fingerprint density at radius 2 is 1.93 bits per heavy atom. The number of ether oxygens (including phenoxy) is 1. The quantitative estimate of drug-likeness (QED) is 0.744. The second-order valence-corrected chi connectivity index (χ2v) is 3.40. The van der Waals surface area contributed by atoms with Crippen LogP contribution in [0.2, 0.25) is 0 Å². The molecule has 0 fully saturated rings. The molecular weight excluding hydrogens is 194 g/mol. The molecule has 0 aliphatic carbocycles. The first kappa shape index (κ1) is 11.8. The number of phenolic OH excluding ortho intramolecular Hbond substituents is 1. The van der Waals surface area contributed by atoms with E-state index in [0.717, 1.165) is 16.7 Å². The fraction of sp³-hybridized carbons (Fsp3) is 0.455. The summed E-state index contributed by atoms with van der Waals surface area (Å²) in [5.74, 6) is 0.702. The standard InChI is InChI=1S/C11H17NO3/c1-7-5-8(2)11(14-3)10(13)9(7)6-12-15-4/h5,12-13H,6H2,1-4H3. The lowest BCUT2D eigenvalue weighted by Gasteiger charge is -2.14. The van der Waals surface area contributed by atoms with Crippen LogP contribution in [-0.2, 0) is 11.4 Å². The largest absolute Gasteiger partial charge is 0.504 e. The lowest BCUT2D eigenvalue weighted by Crippen LogP contribution is -2.12. The molecule has 1 aromatic rings. The molecule has 15 heavy (non-hydrogen) atoms. The number of benzene rings is 1. The van der Waals surface area contributed by atoms with Crippen LogP contribution in [0.4, 0.5) is 0 Å². The summed E-state index contributed by atoms with van der Waals surface area (Å²) in [5.41, 5.74) is 5.43. The van der Waals surface area contributed by atoms with E-state index in [4.69, 9.17) is 9.57 Å². The topological polar surface area (TPSA) is 50.7 Å². The van der Waals surface area contributed by atoms with E-state index in [-0.39, 0.29) is 5.75 Å². The summed E-state index contributed by atoms with van der Waals surface area (Å²) >= 11 is 0. The fourth-order valence-corrected chi connectivity index (χ4v) is 1.61. The Morgan fingerprint density at radius 1 is 1.27 bits per heavy atom. The third-order valence-corrected chi connectivity index (χ3v) is 2.37. The highest BCUT2D eigenvalue weighted by atomic mass is 16.6. The van der Waals surface area contributed by atoms with E-state index in [9.17, 15) is 5.11 Å². The number of methoxy groups -OCH3 is 1. The van der Waals surface area contributed by atoms with Crippen molar-refractivity contribution in [3.05, 3.63) is 22.8 Å². The zero-order chi connectivity index (χ0) is 11.4. The Morgan fingerprint density at radius 3 is 2.47 bits per heavy atom. The molecule has 84 valence electrons. The normalized spacial score (nSPS) is 10.4. The van der Waals surface area contributed by atoms with Crippen molar-refractivity contribution in [2.24, 2.45) is 0 Å². The predicted molar refractivity (Wildman–Crippen MR) is 58.0 cm³/mol. The minimum atomic E-state index is 0.180. The van der Waals surface area contributed by atoms with Crippen molar-refractivity contribution in [2.45, 2.75) is 20.4 Å². The van der Waals surface area contributed by atoms with Gasteiger partial charge in [0.1, 0.15) is 0 Å². The van der Waals surface area contributed by atoms with Gasteiger partial charge < -0.3 is 14.7 Å². The summed E-state index contributed by atoms with van der Waals surface area (Å²) in [6, 6.07) is 1.98. The minimum absolute atomic E-state index is 0.180. The van der Waals surface area contributed by atoms with Crippen LogP contribution in [0, 0.1) is 13.8 Å². The number of nitrogens with one attached hydrogen (secondary N) is 1. The highest BCUT2D eigenvalue weighted by Gasteiger charge is 2.13. The molecule has 0 saturated carbocycles. The zero-order valence-electron chi connectivity index (χ0n) is 9.55. The van der Waals surface area contributed by atoms with Gasteiger partial charge in [-0.1, -0.05) is 6.07 Å². The van der Waals surface area contributed by atoms with E-state index in [2.05, 4.69) is 5.48 Å². The molecule has 0 spiro atoms. The van der Waals surface area contributed by atoms with Crippen LogP contribution in [0.3, 0.4) is 0 Å². The van der Waals surface area contributed by atoms with Gasteiger partial charge in [0.15, 0.2) is 11.5 Å². The van der Waals surface area contributed by atoms with Gasteiger partial charge >= 0.3 is 0 Å². The number of hydroxylamine groups is 1. The third-order valence-electron chi connectivity index (χ3n) is 2.37. The highest BCUT2D eigenvalue weighted by Crippen LogP contribution is 2.35. The van der Waals surface area contributed by atoms with E-state index in [1.54, 1.807) is 7.11 Å². The number of rotatable bonds is 4. The van der Waals surface area contributed by atoms with Gasteiger partial charge in [-0.05, 0) is 25.0 Å². The van der Waals surface area contributed by atoms with Crippen molar-refractivity contribution in [2.75, 3.05) is 14.2 Å². The monoisotopic (exact) mass is 211 g/mol. The number of phenols is 1. The highest BCUT2D eigenvalue weighted by molar-refractivity contribution is 5.53. The van der Waals surface area contributed by atoms with E-state index in [0.29, 0.717) is 12.3 Å². The van der Waals surface area contributed by atoms with E-state index < -0.39 is 0 Å². The lowest BCUT2D eigenvalue weighted by atomic mass is 10.0. The summed E-state index contributed by atoms with van der Waals surface area (Å²) in [6.07, 6.45) is 0. The van der Waals surface area contributed by atoms with Gasteiger partial charge in [0, 0.05) is 5.56 Å². The van der Waals surface area contributed by atoms with Crippen LogP contribution in [0.25, 0.3) is 0 Å². The van der Waals surface area contributed by atoms with Crippen molar-refractivity contribution in [1.82, 2.24) is 5.48 Å². The first-order chi connectivity index (χ1) is 7.11. The second kappa shape index (κ2) is 5.00. The number of hydrogen-bond acceptors (Lipinski definition) is 4. The van der Waals surface area contributed by atoms with Gasteiger partial charge in [-0.25, -0.2) is 0 Å². The fourth-order valence-electron chi connectivity index (χ4n) is 1.61. The first-order valence-corrected chi connectivity index (χ1v) is 4.73. The van der Waals surface area contributed by atoms with Gasteiger partial charge in [-0.3, -0.25) is 0 Å². The van der Waals surface area contributed by atoms with Crippen LogP contribution < -0.4 is 10.2 Å².